The van der Waals surface area contributed by atoms with Crippen LogP contribution in [0.2, 0.25) is 5.02 Å². The second-order valence-electron chi connectivity index (χ2n) is 4.72. The third-order valence-electron chi connectivity index (χ3n) is 3.57. The number of ether oxygens (including phenoxy) is 1. The topological polar surface area (TPSA) is 41.6 Å². The minimum atomic E-state index is -0.576. The quantitative estimate of drug-likeness (QED) is 0.771. The second kappa shape index (κ2) is 3.29. The van der Waals surface area contributed by atoms with Crippen molar-refractivity contribution in [2.24, 2.45) is 0 Å². The summed E-state index contributed by atoms with van der Waals surface area (Å²) in [5.74, 6) is 0.792. The minimum Gasteiger partial charge on any atom is -0.468 e. The van der Waals surface area contributed by atoms with E-state index in [4.69, 9.17) is 16.3 Å². The number of rotatable bonds is 0. The van der Waals surface area contributed by atoms with Gasteiger partial charge >= 0.3 is 6.03 Å². The standard InChI is InChI=1S/C12H13ClN2O2/c1-12-6-9(14-11(16)15(12)2)8-5-7(13)3-4-10(8)17-12/h3-5,9H,6H2,1-2H3,(H,14,16). The number of nitrogens with one attached hydrogen (secondary N) is 1. The van der Waals surface area contributed by atoms with E-state index in [1.54, 1.807) is 18.0 Å². The summed E-state index contributed by atoms with van der Waals surface area (Å²) in [6, 6.07) is 5.37. The van der Waals surface area contributed by atoms with Crippen LogP contribution in [0.15, 0.2) is 18.2 Å². The molecule has 0 saturated carbocycles. The molecule has 90 valence electrons. The molecule has 2 heterocycles. The summed E-state index contributed by atoms with van der Waals surface area (Å²) in [7, 11) is 1.74. The van der Waals surface area contributed by atoms with Gasteiger partial charge in [0, 0.05) is 24.1 Å². The third-order valence-corrected chi connectivity index (χ3v) is 3.81. The highest BCUT2D eigenvalue weighted by atomic mass is 35.5. The van der Waals surface area contributed by atoms with E-state index in [0.29, 0.717) is 5.02 Å². The highest BCUT2D eigenvalue weighted by Gasteiger charge is 2.47. The minimum absolute atomic E-state index is 0.0221. The molecule has 2 aliphatic heterocycles. The van der Waals surface area contributed by atoms with Gasteiger partial charge in [-0.15, -0.1) is 0 Å². The lowest BCUT2D eigenvalue weighted by Gasteiger charge is -2.49. The van der Waals surface area contributed by atoms with Crippen LogP contribution in [0.3, 0.4) is 0 Å². The maximum atomic E-state index is 11.8. The maximum Gasteiger partial charge on any atom is 0.320 e. The fourth-order valence-electron chi connectivity index (χ4n) is 2.45. The van der Waals surface area contributed by atoms with Crippen molar-refractivity contribution in [2.75, 3.05) is 7.05 Å². The van der Waals surface area contributed by atoms with E-state index in [1.807, 2.05) is 19.1 Å². The molecule has 2 aliphatic rings. The molecular weight excluding hydrogens is 240 g/mol. The Bertz CT molecular complexity index is 505. The third kappa shape index (κ3) is 1.47. The number of urea groups is 1. The first-order valence-corrected chi connectivity index (χ1v) is 5.90. The van der Waals surface area contributed by atoms with Crippen molar-refractivity contribution in [1.29, 1.82) is 0 Å². The van der Waals surface area contributed by atoms with Crippen LogP contribution in [0.1, 0.15) is 24.9 Å². The van der Waals surface area contributed by atoms with Crippen LogP contribution >= 0.6 is 11.6 Å². The molecule has 0 aliphatic carbocycles. The Kier molecular flexibility index (Phi) is 2.08. The van der Waals surface area contributed by atoms with Crippen molar-refractivity contribution in [3.8, 4) is 5.75 Å². The number of fused-ring (bicyclic) bond motifs is 4. The predicted molar refractivity (Wildman–Crippen MR) is 64.1 cm³/mol. The number of carbonyl (C=O) groups is 1. The Morgan fingerprint density at radius 2 is 2.35 bits per heavy atom. The van der Waals surface area contributed by atoms with Gasteiger partial charge in [-0.1, -0.05) is 11.6 Å². The van der Waals surface area contributed by atoms with Crippen molar-refractivity contribution in [1.82, 2.24) is 10.2 Å². The van der Waals surface area contributed by atoms with Gasteiger partial charge in [0.2, 0.25) is 0 Å². The summed E-state index contributed by atoms with van der Waals surface area (Å²) in [5.41, 5.74) is 0.379. The fraction of sp³-hybridized carbons (Fsp3) is 0.417. The van der Waals surface area contributed by atoms with Gasteiger partial charge in [-0.05, 0) is 25.1 Å². The molecule has 17 heavy (non-hydrogen) atoms. The molecule has 1 aromatic rings. The zero-order valence-electron chi connectivity index (χ0n) is 9.66. The molecule has 1 fully saturated rings. The van der Waals surface area contributed by atoms with E-state index in [1.165, 1.54) is 0 Å². The van der Waals surface area contributed by atoms with E-state index in [2.05, 4.69) is 5.32 Å². The second-order valence-corrected chi connectivity index (χ2v) is 5.16. The van der Waals surface area contributed by atoms with Crippen molar-refractivity contribution in [3.63, 3.8) is 0 Å². The number of hydrogen-bond donors (Lipinski definition) is 1. The van der Waals surface area contributed by atoms with E-state index in [9.17, 15) is 4.79 Å². The van der Waals surface area contributed by atoms with Crippen LogP contribution in [-0.2, 0) is 0 Å². The number of hydrogen-bond acceptors (Lipinski definition) is 2. The van der Waals surface area contributed by atoms with Gasteiger partial charge in [-0.2, -0.15) is 0 Å². The normalized spacial score (nSPS) is 30.4. The Morgan fingerprint density at radius 3 is 3.12 bits per heavy atom. The number of benzene rings is 1. The molecule has 3 rings (SSSR count). The lowest BCUT2D eigenvalue weighted by atomic mass is 9.91. The van der Waals surface area contributed by atoms with Gasteiger partial charge in [0.1, 0.15) is 5.75 Å². The Labute approximate surface area is 104 Å². The average Bonchev–Trinajstić information content (AvgIpc) is 2.27. The van der Waals surface area contributed by atoms with Crippen LogP contribution in [0, 0.1) is 0 Å². The summed E-state index contributed by atoms with van der Waals surface area (Å²) in [6.45, 7) is 1.93. The molecule has 5 heteroatoms. The molecule has 2 bridgehead atoms. The number of nitrogens with zero attached hydrogens (tertiary/aromatic N) is 1. The van der Waals surface area contributed by atoms with Gasteiger partial charge < -0.3 is 10.1 Å². The van der Waals surface area contributed by atoms with Gasteiger partial charge in [0.25, 0.3) is 0 Å². The summed E-state index contributed by atoms with van der Waals surface area (Å²) < 4.78 is 5.93. The van der Waals surface area contributed by atoms with Crippen molar-refractivity contribution in [2.45, 2.75) is 25.1 Å². The molecule has 1 saturated heterocycles. The monoisotopic (exact) mass is 252 g/mol. The fourth-order valence-corrected chi connectivity index (χ4v) is 2.63. The van der Waals surface area contributed by atoms with Crippen LogP contribution in [0.25, 0.3) is 0 Å². The van der Waals surface area contributed by atoms with Crippen LogP contribution in [0.4, 0.5) is 4.79 Å². The summed E-state index contributed by atoms with van der Waals surface area (Å²) in [6.07, 6.45) is 0.725. The molecule has 2 amide bonds. The molecule has 2 unspecified atom stereocenters. The molecule has 0 aromatic heterocycles. The molecule has 1 N–H and O–H groups in total. The largest absolute Gasteiger partial charge is 0.468 e. The van der Waals surface area contributed by atoms with E-state index < -0.39 is 5.72 Å². The molecule has 0 spiro atoms. The summed E-state index contributed by atoms with van der Waals surface area (Å²) in [5, 5.41) is 3.61. The Balaban J connectivity index is 2.11. The van der Waals surface area contributed by atoms with Crippen LogP contribution in [-0.4, -0.2) is 23.7 Å². The van der Waals surface area contributed by atoms with Gasteiger partial charge in [-0.25, -0.2) is 4.79 Å². The molecule has 0 radical (unpaired) electrons. The van der Waals surface area contributed by atoms with E-state index >= 15 is 0 Å². The molecule has 2 atom stereocenters. The first-order chi connectivity index (χ1) is 7.99. The summed E-state index contributed by atoms with van der Waals surface area (Å²) >= 11 is 5.97. The average molecular weight is 253 g/mol. The SMILES string of the molecule is CN1C(=O)NC2CC1(C)Oc1ccc(Cl)cc12. The zero-order valence-corrected chi connectivity index (χ0v) is 10.4. The lowest BCUT2D eigenvalue weighted by molar-refractivity contribution is -0.0718. The first kappa shape index (κ1) is 10.7. The van der Waals surface area contributed by atoms with Gasteiger partial charge in [0.05, 0.1) is 6.04 Å². The summed E-state index contributed by atoms with van der Waals surface area (Å²) in [4.78, 5) is 13.4. The van der Waals surface area contributed by atoms with E-state index in [0.717, 1.165) is 17.7 Å². The Morgan fingerprint density at radius 1 is 1.59 bits per heavy atom. The lowest BCUT2D eigenvalue weighted by Crippen LogP contribution is -2.63. The van der Waals surface area contributed by atoms with Crippen molar-refractivity contribution >= 4 is 17.6 Å². The van der Waals surface area contributed by atoms with Crippen LogP contribution in [0.5, 0.6) is 5.75 Å². The van der Waals surface area contributed by atoms with Crippen molar-refractivity contribution in [3.05, 3.63) is 28.8 Å². The molecular formula is C12H13ClN2O2. The first-order valence-electron chi connectivity index (χ1n) is 5.52. The predicted octanol–water partition coefficient (Wildman–Crippen LogP) is 2.53. The maximum absolute atomic E-state index is 11.8. The number of halogens is 1. The van der Waals surface area contributed by atoms with Gasteiger partial charge in [-0.3, -0.25) is 4.90 Å². The molecule has 1 aromatic carbocycles. The zero-order chi connectivity index (χ0) is 12.2. The smallest absolute Gasteiger partial charge is 0.320 e. The highest BCUT2D eigenvalue weighted by Crippen LogP contribution is 2.44. The van der Waals surface area contributed by atoms with E-state index in [-0.39, 0.29) is 12.1 Å². The van der Waals surface area contributed by atoms with Gasteiger partial charge in [0.15, 0.2) is 5.72 Å². The number of carbonyl (C=O) groups excluding carboxylic acids is 1. The Hall–Kier alpha value is -1.42. The van der Waals surface area contributed by atoms with Crippen LogP contribution < -0.4 is 10.1 Å². The molecule has 4 nitrogen and oxygen atoms in total. The highest BCUT2D eigenvalue weighted by molar-refractivity contribution is 6.30. The number of amides is 2. The van der Waals surface area contributed by atoms with Crippen molar-refractivity contribution < 1.29 is 9.53 Å².